The van der Waals surface area contributed by atoms with Gasteiger partial charge in [-0.1, -0.05) is 117 Å². The van der Waals surface area contributed by atoms with E-state index < -0.39 is 0 Å². The van der Waals surface area contributed by atoms with Crippen molar-refractivity contribution in [3.8, 4) is 5.75 Å². The standard InChI is InChI=1S/C32H56O2S/c1-3-5-7-9-11-13-15-17-19-21-27-35(29-32(34)30-23-25-31(33)26-24-30)28-22-20-18-16-14-12-10-8-6-4-2/h23-26H,3-22,27-29H2,1-2H3/p+1. The summed E-state index contributed by atoms with van der Waals surface area (Å²) in [5.74, 6) is 3.62. The Balaban J connectivity index is 2.26. The van der Waals surface area contributed by atoms with Gasteiger partial charge >= 0.3 is 0 Å². The van der Waals surface area contributed by atoms with Gasteiger partial charge in [0, 0.05) is 5.56 Å². The number of ketones is 1. The maximum atomic E-state index is 12.9. The largest absolute Gasteiger partial charge is 0.508 e. The molecule has 1 rings (SSSR count). The summed E-state index contributed by atoms with van der Waals surface area (Å²) in [6.07, 6.45) is 27.4. The van der Waals surface area contributed by atoms with Crippen LogP contribution in [0.1, 0.15) is 153 Å². The number of unbranched alkanes of at least 4 members (excludes halogenated alkanes) is 18. The van der Waals surface area contributed by atoms with Crippen LogP contribution in [0.3, 0.4) is 0 Å². The van der Waals surface area contributed by atoms with Crippen molar-refractivity contribution in [3.05, 3.63) is 29.8 Å². The Morgan fingerprint density at radius 3 is 1.29 bits per heavy atom. The van der Waals surface area contributed by atoms with Crippen molar-refractivity contribution < 1.29 is 9.90 Å². The molecule has 0 aliphatic heterocycles. The van der Waals surface area contributed by atoms with Crippen LogP contribution in [0.2, 0.25) is 0 Å². The lowest BCUT2D eigenvalue weighted by atomic mass is 10.1. The first-order valence-corrected chi connectivity index (χ1v) is 16.9. The number of aromatic hydroxyl groups is 1. The SMILES string of the molecule is CCCCCCCCCCCC[S+](CCCCCCCCCCCC)CC(=O)c1ccc(O)cc1. The van der Waals surface area contributed by atoms with E-state index in [-0.39, 0.29) is 22.4 Å². The molecule has 0 atom stereocenters. The summed E-state index contributed by atoms with van der Waals surface area (Å²) in [6.45, 7) is 4.56. The van der Waals surface area contributed by atoms with Crippen LogP contribution in [0.5, 0.6) is 5.75 Å². The molecule has 2 nitrogen and oxygen atoms in total. The number of phenols is 1. The molecular weight excluding hydrogens is 448 g/mol. The summed E-state index contributed by atoms with van der Waals surface area (Å²) < 4.78 is 0. The number of rotatable bonds is 25. The second kappa shape index (κ2) is 23.4. The molecule has 0 heterocycles. The third kappa shape index (κ3) is 18.9. The van der Waals surface area contributed by atoms with E-state index in [4.69, 9.17) is 0 Å². The van der Waals surface area contributed by atoms with Crippen LogP contribution in [0, 0.1) is 0 Å². The van der Waals surface area contributed by atoms with Gasteiger partial charge in [-0.25, -0.2) is 0 Å². The van der Waals surface area contributed by atoms with Gasteiger partial charge in [-0.2, -0.15) is 0 Å². The number of Topliss-reactive ketones (excluding diaryl/α,β-unsaturated/α-hetero) is 1. The lowest BCUT2D eigenvalue weighted by Crippen LogP contribution is -2.23. The van der Waals surface area contributed by atoms with Crippen LogP contribution >= 0.6 is 0 Å². The molecule has 0 aliphatic rings. The molecule has 0 saturated carbocycles. The lowest BCUT2D eigenvalue weighted by Gasteiger charge is -2.10. The first-order valence-electron chi connectivity index (χ1n) is 15.1. The Kier molecular flexibility index (Phi) is 21.5. The van der Waals surface area contributed by atoms with E-state index in [1.165, 1.54) is 140 Å². The molecule has 0 aliphatic carbocycles. The Bertz CT molecular complexity index is 574. The van der Waals surface area contributed by atoms with Crippen molar-refractivity contribution in [2.45, 2.75) is 142 Å². The first-order chi connectivity index (χ1) is 17.2. The fraction of sp³-hybridized carbons (Fsp3) is 0.781. The molecule has 0 bridgehead atoms. The second-order valence-corrected chi connectivity index (χ2v) is 12.8. The molecular formula is C32H57O2S+. The highest BCUT2D eigenvalue weighted by molar-refractivity contribution is 7.97. The Hall–Kier alpha value is -0.960. The van der Waals surface area contributed by atoms with Crippen LogP contribution in [0.4, 0.5) is 0 Å². The highest BCUT2D eigenvalue weighted by atomic mass is 32.2. The molecule has 0 saturated heterocycles. The number of carbonyl (C=O) groups excluding carboxylic acids is 1. The summed E-state index contributed by atoms with van der Waals surface area (Å²) in [5, 5.41) is 9.53. The van der Waals surface area contributed by atoms with E-state index >= 15 is 0 Å². The van der Waals surface area contributed by atoms with Crippen molar-refractivity contribution in [1.29, 1.82) is 0 Å². The maximum Gasteiger partial charge on any atom is 0.211 e. The minimum Gasteiger partial charge on any atom is -0.508 e. The number of carbonyl (C=O) groups is 1. The smallest absolute Gasteiger partial charge is 0.211 e. The molecule has 202 valence electrons. The second-order valence-electron chi connectivity index (χ2n) is 10.5. The molecule has 0 spiro atoms. The van der Waals surface area contributed by atoms with Crippen molar-refractivity contribution in [3.63, 3.8) is 0 Å². The predicted octanol–water partition coefficient (Wildman–Crippen LogP) is 10.0. The van der Waals surface area contributed by atoms with E-state index in [0.29, 0.717) is 5.75 Å². The van der Waals surface area contributed by atoms with Crippen molar-refractivity contribution >= 4 is 16.7 Å². The van der Waals surface area contributed by atoms with Crippen LogP contribution in [-0.4, -0.2) is 28.1 Å². The summed E-state index contributed by atoms with van der Waals surface area (Å²) in [4.78, 5) is 12.9. The molecule has 1 aromatic rings. The summed E-state index contributed by atoms with van der Waals surface area (Å²) in [6, 6.07) is 6.83. The van der Waals surface area contributed by atoms with E-state index in [9.17, 15) is 9.90 Å². The van der Waals surface area contributed by atoms with Gasteiger partial charge in [0.2, 0.25) is 5.78 Å². The highest BCUT2D eigenvalue weighted by Gasteiger charge is 2.22. The van der Waals surface area contributed by atoms with Crippen molar-refractivity contribution in [2.75, 3.05) is 17.3 Å². The van der Waals surface area contributed by atoms with E-state index in [2.05, 4.69) is 13.8 Å². The molecule has 0 aromatic heterocycles. The van der Waals surface area contributed by atoms with Crippen molar-refractivity contribution in [2.24, 2.45) is 0 Å². The quantitative estimate of drug-likeness (QED) is 0.0815. The average molecular weight is 506 g/mol. The summed E-state index contributed by atoms with van der Waals surface area (Å²) >= 11 is 0. The van der Waals surface area contributed by atoms with Gasteiger partial charge in [-0.05, 0) is 60.8 Å². The number of hydrogen-bond acceptors (Lipinski definition) is 2. The van der Waals surface area contributed by atoms with Gasteiger partial charge in [-0.3, -0.25) is 4.79 Å². The molecule has 0 fully saturated rings. The third-order valence-electron chi connectivity index (χ3n) is 7.10. The van der Waals surface area contributed by atoms with Gasteiger partial charge in [0.1, 0.15) is 17.3 Å². The maximum absolute atomic E-state index is 12.9. The van der Waals surface area contributed by atoms with Crippen LogP contribution in [-0.2, 0) is 10.9 Å². The summed E-state index contributed by atoms with van der Waals surface area (Å²) in [7, 11) is 0.202. The van der Waals surface area contributed by atoms with E-state index in [1.54, 1.807) is 24.3 Å². The number of hydrogen-bond donors (Lipinski definition) is 1. The Morgan fingerprint density at radius 1 is 0.571 bits per heavy atom. The van der Waals surface area contributed by atoms with Gasteiger partial charge in [0.25, 0.3) is 0 Å². The molecule has 3 heteroatoms. The molecule has 1 N–H and O–H groups in total. The summed E-state index contributed by atoms with van der Waals surface area (Å²) in [5.41, 5.74) is 0.756. The van der Waals surface area contributed by atoms with Crippen LogP contribution in [0.25, 0.3) is 0 Å². The Morgan fingerprint density at radius 2 is 0.914 bits per heavy atom. The first kappa shape index (κ1) is 32.1. The van der Waals surface area contributed by atoms with Crippen molar-refractivity contribution in [1.82, 2.24) is 0 Å². The predicted molar refractivity (Wildman–Crippen MR) is 158 cm³/mol. The lowest BCUT2D eigenvalue weighted by molar-refractivity contribution is 0.102. The normalized spacial score (nSPS) is 11.4. The molecule has 1 aromatic carbocycles. The average Bonchev–Trinajstić information content (AvgIpc) is 2.86. The van der Waals surface area contributed by atoms with Gasteiger partial charge in [0.15, 0.2) is 5.75 Å². The van der Waals surface area contributed by atoms with Gasteiger partial charge in [0.05, 0.1) is 0 Å². The zero-order valence-corrected chi connectivity index (χ0v) is 24.2. The highest BCUT2D eigenvalue weighted by Crippen LogP contribution is 2.17. The minimum atomic E-state index is 0.202. The van der Waals surface area contributed by atoms with Crippen LogP contribution < -0.4 is 0 Å². The fourth-order valence-corrected chi connectivity index (χ4v) is 7.00. The minimum absolute atomic E-state index is 0.202. The molecule has 0 unspecified atom stereocenters. The van der Waals surface area contributed by atoms with Gasteiger partial charge < -0.3 is 5.11 Å². The van der Waals surface area contributed by atoms with E-state index in [1.807, 2.05) is 0 Å². The molecule has 0 radical (unpaired) electrons. The fourth-order valence-electron chi connectivity index (χ4n) is 4.75. The monoisotopic (exact) mass is 505 g/mol. The zero-order chi connectivity index (χ0) is 25.4. The van der Waals surface area contributed by atoms with Gasteiger partial charge in [-0.15, -0.1) is 0 Å². The number of benzene rings is 1. The topological polar surface area (TPSA) is 37.3 Å². The molecule has 35 heavy (non-hydrogen) atoms. The van der Waals surface area contributed by atoms with Crippen LogP contribution in [0.15, 0.2) is 24.3 Å². The zero-order valence-electron chi connectivity index (χ0n) is 23.3. The Labute approximate surface area is 221 Å². The molecule has 0 amide bonds. The third-order valence-corrected chi connectivity index (χ3v) is 9.50. The number of phenolic OH excluding ortho intramolecular Hbond substituents is 1. The van der Waals surface area contributed by atoms with E-state index in [0.717, 1.165) is 5.56 Å².